The summed E-state index contributed by atoms with van der Waals surface area (Å²) in [5.41, 5.74) is 6.61. The van der Waals surface area contributed by atoms with Gasteiger partial charge in [0, 0.05) is 32.3 Å². The van der Waals surface area contributed by atoms with Crippen molar-refractivity contribution in [3.8, 4) is 0 Å². The molecule has 1 aromatic heterocycles. The Bertz CT molecular complexity index is 356. The predicted octanol–water partition coefficient (Wildman–Crippen LogP) is 0.493. The third-order valence-corrected chi connectivity index (χ3v) is 2.91. The van der Waals surface area contributed by atoms with Crippen molar-refractivity contribution in [2.45, 2.75) is 18.8 Å². The summed E-state index contributed by atoms with van der Waals surface area (Å²) in [6.07, 6.45) is 4.18. The minimum Gasteiger partial charge on any atom is -0.370 e. The first kappa shape index (κ1) is 10.0. The van der Waals surface area contributed by atoms with Crippen molar-refractivity contribution >= 4 is 5.96 Å². The second-order valence-electron chi connectivity index (χ2n) is 4.08. The topological polar surface area (TPSA) is 70.9 Å². The van der Waals surface area contributed by atoms with Gasteiger partial charge in [-0.15, -0.1) is 0 Å². The van der Waals surface area contributed by atoms with Crippen molar-refractivity contribution in [1.29, 1.82) is 5.41 Å². The molecule has 15 heavy (non-hydrogen) atoms. The van der Waals surface area contributed by atoms with E-state index >= 15 is 0 Å². The first-order valence-electron chi connectivity index (χ1n) is 5.25. The number of nitrogens with zero attached hydrogens (tertiary/aromatic N) is 3. The number of nitrogens with two attached hydrogens (primary N) is 1. The lowest BCUT2D eigenvalue weighted by Gasteiger charge is -2.32. The van der Waals surface area contributed by atoms with Gasteiger partial charge in [-0.2, -0.15) is 5.10 Å². The lowest BCUT2D eigenvalue weighted by Crippen LogP contribution is -2.42. The maximum Gasteiger partial charge on any atom is 0.188 e. The Balaban J connectivity index is 2.07. The molecule has 5 heteroatoms. The first-order valence-corrected chi connectivity index (χ1v) is 5.25. The number of likely N-dealkylation sites (tertiary alicyclic amines) is 1. The van der Waals surface area contributed by atoms with Gasteiger partial charge in [0.25, 0.3) is 0 Å². The summed E-state index contributed by atoms with van der Waals surface area (Å²) >= 11 is 0. The van der Waals surface area contributed by atoms with Crippen LogP contribution in [0.3, 0.4) is 0 Å². The molecule has 1 aliphatic rings. The molecule has 0 aromatic carbocycles. The molecule has 0 spiro atoms. The molecule has 3 N–H and O–H groups in total. The van der Waals surface area contributed by atoms with Crippen LogP contribution in [0.1, 0.15) is 24.5 Å². The highest BCUT2D eigenvalue weighted by Gasteiger charge is 2.23. The lowest BCUT2D eigenvalue weighted by molar-refractivity contribution is 0.301. The average Bonchev–Trinajstić information content (AvgIpc) is 2.65. The molecule has 0 bridgehead atoms. The fourth-order valence-corrected chi connectivity index (χ4v) is 2.09. The van der Waals surface area contributed by atoms with E-state index in [0.717, 1.165) is 31.6 Å². The van der Waals surface area contributed by atoms with Crippen LogP contribution in [0, 0.1) is 5.41 Å². The molecule has 0 unspecified atom stereocenters. The van der Waals surface area contributed by atoms with Gasteiger partial charge < -0.3 is 10.6 Å². The molecule has 0 radical (unpaired) electrons. The molecule has 1 saturated heterocycles. The molecule has 1 aromatic rings. The Morgan fingerprint density at radius 1 is 1.67 bits per heavy atom. The van der Waals surface area contributed by atoms with Crippen LogP contribution in [0.4, 0.5) is 0 Å². The summed E-state index contributed by atoms with van der Waals surface area (Å²) in [6.45, 7) is 1.73. The van der Waals surface area contributed by atoms with Crippen molar-refractivity contribution in [1.82, 2.24) is 14.7 Å². The van der Waals surface area contributed by atoms with Crippen molar-refractivity contribution in [3.05, 3.63) is 18.0 Å². The molecular formula is C10H17N5. The lowest BCUT2D eigenvalue weighted by atomic mass is 9.95. The van der Waals surface area contributed by atoms with Crippen LogP contribution in [0.2, 0.25) is 0 Å². The first-order chi connectivity index (χ1) is 7.16. The zero-order valence-electron chi connectivity index (χ0n) is 8.98. The highest BCUT2D eigenvalue weighted by Crippen LogP contribution is 2.24. The van der Waals surface area contributed by atoms with Crippen molar-refractivity contribution < 1.29 is 0 Å². The van der Waals surface area contributed by atoms with Gasteiger partial charge in [-0.3, -0.25) is 10.1 Å². The van der Waals surface area contributed by atoms with E-state index in [-0.39, 0.29) is 5.96 Å². The summed E-state index contributed by atoms with van der Waals surface area (Å²) in [7, 11) is 1.93. The number of aromatic nitrogens is 2. The molecule has 0 aliphatic carbocycles. The third kappa shape index (κ3) is 2.11. The molecule has 1 fully saturated rings. The van der Waals surface area contributed by atoms with Crippen LogP contribution >= 0.6 is 0 Å². The molecule has 2 rings (SSSR count). The van der Waals surface area contributed by atoms with Crippen LogP contribution in [-0.4, -0.2) is 33.7 Å². The predicted molar refractivity (Wildman–Crippen MR) is 58.7 cm³/mol. The standard InChI is InChI=1S/C10H17N5/c1-14-6-4-9(13-14)8-3-2-5-15(7-8)10(11)12/h4,6,8H,2-3,5,7H2,1H3,(H3,11,12)/t8-/m1/s1. The summed E-state index contributed by atoms with van der Waals surface area (Å²) in [4.78, 5) is 1.92. The Hall–Kier alpha value is -1.52. The molecule has 2 heterocycles. The van der Waals surface area contributed by atoms with E-state index in [1.54, 1.807) is 0 Å². The van der Waals surface area contributed by atoms with Gasteiger partial charge in [-0.05, 0) is 18.9 Å². The Kier molecular flexibility index (Phi) is 2.62. The average molecular weight is 207 g/mol. The molecule has 1 aliphatic heterocycles. The molecule has 5 nitrogen and oxygen atoms in total. The number of piperidine rings is 1. The van der Waals surface area contributed by atoms with Gasteiger partial charge in [0.1, 0.15) is 0 Å². The Morgan fingerprint density at radius 3 is 3.07 bits per heavy atom. The Morgan fingerprint density at radius 2 is 2.47 bits per heavy atom. The van der Waals surface area contributed by atoms with E-state index in [0.29, 0.717) is 5.92 Å². The smallest absolute Gasteiger partial charge is 0.188 e. The number of aryl methyl sites for hydroxylation is 1. The van der Waals surface area contributed by atoms with Gasteiger partial charge in [0.2, 0.25) is 0 Å². The second-order valence-corrected chi connectivity index (χ2v) is 4.08. The van der Waals surface area contributed by atoms with E-state index in [2.05, 4.69) is 5.10 Å². The van der Waals surface area contributed by atoms with Crippen LogP contribution in [0.15, 0.2) is 12.3 Å². The van der Waals surface area contributed by atoms with Crippen molar-refractivity contribution in [2.24, 2.45) is 12.8 Å². The van der Waals surface area contributed by atoms with Gasteiger partial charge in [-0.1, -0.05) is 0 Å². The van der Waals surface area contributed by atoms with E-state index in [9.17, 15) is 0 Å². The SMILES string of the molecule is Cn1ccc([C@@H]2CCCN(C(=N)N)C2)n1. The largest absolute Gasteiger partial charge is 0.370 e. The fourth-order valence-electron chi connectivity index (χ4n) is 2.09. The summed E-state index contributed by atoms with van der Waals surface area (Å²) < 4.78 is 1.82. The molecule has 82 valence electrons. The quantitative estimate of drug-likeness (QED) is 0.520. The molecule has 1 atom stereocenters. The third-order valence-electron chi connectivity index (χ3n) is 2.91. The number of hydrogen-bond donors (Lipinski definition) is 2. The maximum absolute atomic E-state index is 7.42. The Labute approximate surface area is 89.4 Å². The number of hydrogen-bond acceptors (Lipinski definition) is 2. The maximum atomic E-state index is 7.42. The van der Waals surface area contributed by atoms with Crippen LogP contribution in [0.5, 0.6) is 0 Å². The van der Waals surface area contributed by atoms with E-state index in [4.69, 9.17) is 11.1 Å². The number of guanidine groups is 1. The van der Waals surface area contributed by atoms with Crippen molar-refractivity contribution in [2.75, 3.05) is 13.1 Å². The van der Waals surface area contributed by atoms with E-state index in [1.807, 2.05) is 28.9 Å². The summed E-state index contributed by atoms with van der Waals surface area (Å²) in [5.74, 6) is 0.597. The number of nitrogens with one attached hydrogen (secondary N) is 1. The summed E-state index contributed by atoms with van der Waals surface area (Å²) in [5, 5.41) is 11.8. The van der Waals surface area contributed by atoms with Gasteiger partial charge in [0.05, 0.1) is 5.69 Å². The van der Waals surface area contributed by atoms with E-state index < -0.39 is 0 Å². The fraction of sp³-hybridized carbons (Fsp3) is 0.600. The summed E-state index contributed by atoms with van der Waals surface area (Å²) in [6, 6.07) is 2.05. The minimum absolute atomic E-state index is 0.177. The second kappa shape index (κ2) is 3.92. The van der Waals surface area contributed by atoms with Gasteiger partial charge in [-0.25, -0.2) is 0 Å². The van der Waals surface area contributed by atoms with Crippen LogP contribution in [0.25, 0.3) is 0 Å². The van der Waals surface area contributed by atoms with E-state index in [1.165, 1.54) is 0 Å². The monoisotopic (exact) mass is 207 g/mol. The van der Waals surface area contributed by atoms with Crippen molar-refractivity contribution in [3.63, 3.8) is 0 Å². The van der Waals surface area contributed by atoms with Crippen LogP contribution in [-0.2, 0) is 7.05 Å². The highest BCUT2D eigenvalue weighted by molar-refractivity contribution is 5.74. The number of rotatable bonds is 1. The highest BCUT2D eigenvalue weighted by atomic mass is 15.3. The zero-order valence-corrected chi connectivity index (χ0v) is 8.98. The van der Waals surface area contributed by atoms with Gasteiger partial charge >= 0.3 is 0 Å². The van der Waals surface area contributed by atoms with Crippen LogP contribution < -0.4 is 5.73 Å². The van der Waals surface area contributed by atoms with Gasteiger partial charge in [0.15, 0.2) is 5.96 Å². The normalized spacial score (nSPS) is 21.7. The molecule has 0 saturated carbocycles. The molecular weight excluding hydrogens is 190 g/mol. The molecule has 0 amide bonds. The zero-order chi connectivity index (χ0) is 10.8. The minimum atomic E-state index is 0.177.